The minimum atomic E-state index is -0.0252. The van der Waals surface area contributed by atoms with Gasteiger partial charge >= 0.3 is 21.7 Å². The summed E-state index contributed by atoms with van der Waals surface area (Å²) in [6.07, 6.45) is 7.98. The van der Waals surface area contributed by atoms with Crippen LogP contribution < -0.4 is 35.4 Å². The van der Waals surface area contributed by atoms with Gasteiger partial charge in [0.25, 0.3) is 0 Å². The van der Waals surface area contributed by atoms with Crippen LogP contribution in [0.5, 0.6) is 0 Å². The molecule has 0 aliphatic rings. The Morgan fingerprint density at radius 1 is 0.649 bits per heavy atom. The molecule has 0 aromatic heterocycles. The van der Waals surface area contributed by atoms with Gasteiger partial charge in [-0.15, -0.1) is 80.7 Å². The Balaban J connectivity index is 0.000000651. The molecular weight excluding hydrogens is 565 g/mol. The van der Waals surface area contributed by atoms with Crippen LogP contribution in [0.15, 0.2) is 72.8 Å². The summed E-state index contributed by atoms with van der Waals surface area (Å²) in [4.78, 5) is 0. The van der Waals surface area contributed by atoms with E-state index < -0.39 is 0 Å². The molecule has 0 saturated heterocycles. The van der Waals surface area contributed by atoms with Crippen molar-refractivity contribution >= 4 is 48.0 Å². The van der Waals surface area contributed by atoms with Crippen LogP contribution in [0.25, 0.3) is 21.5 Å². The maximum absolute atomic E-state index is 2.43. The van der Waals surface area contributed by atoms with Crippen LogP contribution in [0, 0.1) is 0 Å². The van der Waals surface area contributed by atoms with Crippen molar-refractivity contribution < 1.29 is 46.5 Å². The van der Waals surface area contributed by atoms with E-state index >= 15 is 0 Å². The third-order valence-corrected chi connectivity index (χ3v) is 13.4. The van der Waals surface area contributed by atoms with Crippen molar-refractivity contribution in [1.29, 1.82) is 0 Å². The molecule has 0 radical (unpaired) electrons. The Morgan fingerprint density at radius 3 is 1.46 bits per heavy atom. The Kier molecular flexibility index (Phi) is 18.9. The zero-order chi connectivity index (χ0) is 24.5. The first kappa shape index (κ1) is 36.8. The summed E-state index contributed by atoms with van der Waals surface area (Å²) < 4.78 is 0. The third kappa shape index (κ3) is 10.1. The van der Waals surface area contributed by atoms with Crippen LogP contribution in [-0.4, -0.2) is 23.6 Å². The molecule has 0 aliphatic heterocycles. The molecule has 0 bridgehead atoms. The smallest absolute Gasteiger partial charge is 1.00 e. The van der Waals surface area contributed by atoms with Crippen molar-refractivity contribution in [3.05, 3.63) is 72.8 Å². The summed E-state index contributed by atoms with van der Waals surface area (Å²) in [6.45, 7) is 14.1. The quantitative estimate of drug-likeness (QED) is 0.146. The molecule has 0 nitrogen and oxygen atoms in total. The topological polar surface area (TPSA) is 0 Å². The maximum Gasteiger partial charge on any atom is 4.00 e. The fourth-order valence-corrected chi connectivity index (χ4v) is 10.6. The Bertz CT molecular complexity index is 1050. The van der Waals surface area contributed by atoms with Crippen LogP contribution in [-0.2, 0) is 21.7 Å². The van der Waals surface area contributed by atoms with E-state index in [0.29, 0.717) is 0 Å². The molecule has 4 aromatic rings. The van der Waals surface area contributed by atoms with Gasteiger partial charge in [-0.25, -0.2) is 0 Å². The van der Waals surface area contributed by atoms with Gasteiger partial charge in [-0.1, -0.05) is 82.4 Å². The standard InChI is InChI=1S/C17H24P.C15H20P.2ClH.Ti/c1-5-13(3)18(14(4)6-2)17-11-15-9-7-8-10-16(15)12-17;1-3-9-16(10-4-2)15-11-13-7-5-6-8-14(13)12-15;;;/h7-14H,5-6H2,1-4H3;5-8,11-12H,3-4,9-10H2,1-2H3;2*1H;/q2*-1;;;+4/p-2. The van der Waals surface area contributed by atoms with Gasteiger partial charge in [-0.2, -0.15) is 12.1 Å². The van der Waals surface area contributed by atoms with Gasteiger partial charge in [0, 0.05) is 0 Å². The van der Waals surface area contributed by atoms with Crippen molar-refractivity contribution in [3.63, 3.8) is 0 Å². The molecule has 0 amide bonds. The number of fused-ring (bicyclic) bond motifs is 2. The molecule has 4 aromatic carbocycles. The minimum absolute atomic E-state index is 0. The zero-order valence-corrected chi connectivity index (χ0v) is 28.3. The molecule has 0 heterocycles. The fourth-order valence-electron chi connectivity index (χ4n) is 4.85. The molecule has 37 heavy (non-hydrogen) atoms. The Morgan fingerprint density at radius 2 is 1.05 bits per heavy atom. The molecule has 0 N–H and O–H groups in total. The van der Waals surface area contributed by atoms with Gasteiger partial charge in [0.1, 0.15) is 0 Å². The Hall–Kier alpha value is -0.186. The molecule has 0 spiro atoms. The second-order valence-electron chi connectivity index (χ2n) is 9.59. The van der Waals surface area contributed by atoms with Gasteiger partial charge in [-0.3, -0.25) is 0 Å². The second kappa shape index (κ2) is 19.0. The first-order valence-electron chi connectivity index (χ1n) is 13.4. The SMILES string of the molecule is CCC(C)P(c1cc2ccccc2[cH-]1)C(C)CC.CCCP(CCC)c1cc2ccccc2[cH-]1.[Cl-].[Cl-].[Ti+4]. The second-order valence-corrected chi connectivity index (χ2v) is 15.2. The number of hydrogen-bond donors (Lipinski definition) is 0. The van der Waals surface area contributed by atoms with Gasteiger partial charge in [0.2, 0.25) is 0 Å². The third-order valence-electron chi connectivity index (χ3n) is 6.99. The van der Waals surface area contributed by atoms with Crippen molar-refractivity contribution in [2.45, 2.75) is 78.5 Å². The summed E-state index contributed by atoms with van der Waals surface area (Å²) in [5, 5.41) is 8.86. The summed E-state index contributed by atoms with van der Waals surface area (Å²) in [5.41, 5.74) is 1.65. The normalized spacial score (nSPS) is 13.1. The summed E-state index contributed by atoms with van der Waals surface area (Å²) in [5.74, 6) is 0. The van der Waals surface area contributed by atoms with Gasteiger partial charge in [-0.05, 0) is 36.5 Å². The first-order chi connectivity index (χ1) is 16.5. The average molecular weight is 609 g/mol. The van der Waals surface area contributed by atoms with Crippen LogP contribution in [0.3, 0.4) is 0 Å². The predicted octanol–water partition coefficient (Wildman–Crippen LogP) is 3.75. The van der Waals surface area contributed by atoms with E-state index in [4.69, 9.17) is 0 Å². The van der Waals surface area contributed by atoms with Crippen molar-refractivity contribution in [3.8, 4) is 0 Å². The molecule has 200 valence electrons. The number of rotatable bonds is 10. The van der Waals surface area contributed by atoms with E-state index in [9.17, 15) is 0 Å². The van der Waals surface area contributed by atoms with E-state index in [1.807, 2.05) is 0 Å². The number of benzene rings is 2. The van der Waals surface area contributed by atoms with E-state index in [0.717, 1.165) is 11.3 Å². The van der Waals surface area contributed by atoms with Gasteiger partial charge in [0.05, 0.1) is 0 Å². The number of hydrogen-bond acceptors (Lipinski definition) is 0. The maximum atomic E-state index is 2.43. The van der Waals surface area contributed by atoms with Crippen LogP contribution in [0.4, 0.5) is 0 Å². The molecule has 0 fully saturated rings. The summed E-state index contributed by atoms with van der Waals surface area (Å²) in [7, 11) is 0.0720. The van der Waals surface area contributed by atoms with Gasteiger partial charge in [0.15, 0.2) is 0 Å². The molecule has 0 saturated carbocycles. The van der Waals surface area contributed by atoms with Crippen molar-refractivity contribution in [2.75, 3.05) is 12.3 Å². The van der Waals surface area contributed by atoms with Gasteiger partial charge < -0.3 is 24.8 Å². The van der Waals surface area contributed by atoms with E-state index in [2.05, 4.69) is 114 Å². The van der Waals surface area contributed by atoms with Crippen LogP contribution >= 0.6 is 15.8 Å². The molecule has 5 heteroatoms. The number of halogens is 2. The average Bonchev–Trinajstić information content (AvgIpc) is 3.48. The van der Waals surface area contributed by atoms with Crippen molar-refractivity contribution in [1.82, 2.24) is 0 Å². The summed E-state index contributed by atoms with van der Waals surface area (Å²) in [6, 6.07) is 27.1. The Labute approximate surface area is 256 Å². The van der Waals surface area contributed by atoms with E-state index in [-0.39, 0.29) is 62.4 Å². The largest absolute Gasteiger partial charge is 4.00 e. The molecule has 2 unspecified atom stereocenters. The minimum Gasteiger partial charge on any atom is -1.00 e. The zero-order valence-electron chi connectivity index (χ0n) is 23.5. The fraction of sp³-hybridized carbons (Fsp3) is 0.438. The monoisotopic (exact) mass is 608 g/mol. The van der Waals surface area contributed by atoms with Crippen LogP contribution in [0.2, 0.25) is 0 Å². The van der Waals surface area contributed by atoms with Crippen LogP contribution in [0.1, 0.15) is 67.2 Å². The van der Waals surface area contributed by atoms with Crippen molar-refractivity contribution in [2.24, 2.45) is 0 Å². The molecular formula is C32H44Cl2P2Ti. The molecule has 2 atom stereocenters. The van der Waals surface area contributed by atoms with E-state index in [1.165, 1.54) is 59.6 Å². The molecule has 0 aliphatic carbocycles. The molecule has 4 rings (SSSR count). The first-order valence-corrected chi connectivity index (χ1v) is 16.6. The predicted molar refractivity (Wildman–Crippen MR) is 162 cm³/mol. The van der Waals surface area contributed by atoms with E-state index in [1.54, 1.807) is 10.6 Å². The summed E-state index contributed by atoms with van der Waals surface area (Å²) >= 11 is 0.